The molecule has 94 valence electrons. The zero-order valence-electron chi connectivity index (χ0n) is 9.05. The molecular formula is C11H13F3N2O. The molecule has 3 nitrogen and oxygen atoms in total. The van der Waals surface area contributed by atoms with Gasteiger partial charge in [0.2, 0.25) is 0 Å². The van der Waals surface area contributed by atoms with E-state index in [-0.39, 0.29) is 5.92 Å². The molecule has 0 aromatic heterocycles. The van der Waals surface area contributed by atoms with Crippen LogP contribution in [0.15, 0.2) is 12.1 Å². The molecule has 0 saturated carbocycles. The first-order valence-corrected chi connectivity index (χ1v) is 5.31. The van der Waals surface area contributed by atoms with E-state index in [1.807, 2.05) is 0 Å². The van der Waals surface area contributed by atoms with Crippen LogP contribution in [0.2, 0.25) is 0 Å². The third kappa shape index (κ3) is 2.43. The van der Waals surface area contributed by atoms with Crippen LogP contribution in [0.5, 0.6) is 0 Å². The first-order valence-electron chi connectivity index (χ1n) is 5.31. The summed E-state index contributed by atoms with van der Waals surface area (Å²) in [6, 6.07) is 1.48. The van der Waals surface area contributed by atoms with Gasteiger partial charge in [0.15, 0.2) is 17.5 Å². The van der Waals surface area contributed by atoms with E-state index in [0.29, 0.717) is 18.8 Å². The summed E-state index contributed by atoms with van der Waals surface area (Å²) >= 11 is 0. The summed E-state index contributed by atoms with van der Waals surface area (Å²) in [6.07, 6.45) is 0.746. The second-order valence-electron chi connectivity index (χ2n) is 4.07. The minimum atomic E-state index is -1.47. The van der Waals surface area contributed by atoms with E-state index in [9.17, 15) is 13.2 Å². The molecule has 1 aromatic rings. The fourth-order valence-corrected chi connectivity index (χ4v) is 2.07. The molecule has 1 heterocycles. The van der Waals surface area contributed by atoms with E-state index in [1.54, 1.807) is 0 Å². The maximum absolute atomic E-state index is 13.1. The highest BCUT2D eigenvalue weighted by Crippen LogP contribution is 2.29. The first kappa shape index (κ1) is 12.3. The van der Waals surface area contributed by atoms with Crippen molar-refractivity contribution in [3.63, 3.8) is 0 Å². The van der Waals surface area contributed by atoms with Crippen LogP contribution in [-0.2, 0) is 4.74 Å². The van der Waals surface area contributed by atoms with Gasteiger partial charge in [0.1, 0.15) is 0 Å². The Morgan fingerprint density at radius 3 is 2.41 bits per heavy atom. The molecule has 0 amide bonds. The number of nitrogens with one attached hydrogen (secondary N) is 1. The standard InChI is InChI=1S/C11H13F3N2O/c12-8-3-7(4-9(13)10(8)14)11(16-15)6-1-2-17-5-6/h3-4,6,11,16H,1-2,5,15H2. The van der Waals surface area contributed by atoms with Crippen LogP contribution >= 0.6 is 0 Å². The second-order valence-corrected chi connectivity index (χ2v) is 4.07. The smallest absolute Gasteiger partial charge is 0.194 e. The largest absolute Gasteiger partial charge is 0.381 e. The van der Waals surface area contributed by atoms with Gasteiger partial charge in [0, 0.05) is 12.5 Å². The predicted molar refractivity (Wildman–Crippen MR) is 55.3 cm³/mol. The molecule has 2 atom stereocenters. The maximum atomic E-state index is 13.1. The number of benzene rings is 1. The van der Waals surface area contributed by atoms with E-state index in [2.05, 4.69) is 5.43 Å². The molecule has 2 rings (SSSR count). The minimum absolute atomic E-state index is 0.0317. The minimum Gasteiger partial charge on any atom is -0.381 e. The van der Waals surface area contributed by atoms with Crippen LogP contribution in [-0.4, -0.2) is 13.2 Å². The van der Waals surface area contributed by atoms with Crippen molar-refractivity contribution in [2.75, 3.05) is 13.2 Å². The average molecular weight is 246 g/mol. The third-order valence-electron chi connectivity index (χ3n) is 2.98. The number of rotatable bonds is 3. The predicted octanol–water partition coefficient (Wildman–Crippen LogP) is 1.64. The van der Waals surface area contributed by atoms with Crippen molar-refractivity contribution in [3.05, 3.63) is 35.1 Å². The van der Waals surface area contributed by atoms with E-state index in [0.717, 1.165) is 18.6 Å². The van der Waals surface area contributed by atoms with Crippen molar-refractivity contribution in [1.82, 2.24) is 5.43 Å². The third-order valence-corrected chi connectivity index (χ3v) is 2.98. The van der Waals surface area contributed by atoms with Crippen molar-refractivity contribution in [3.8, 4) is 0 Å². The summed E-state index contributed by atoms with van der Waals surface area (Å²) < 4.78 is 44.2. The second kappa shape index (κ2) is 5.03. The lowest BCUT2D eigenvalue weighted by Gasteiger charge is -2.22. The number of nitrogens with two attached hydrogens (primary N) is 1. The van der Waals surface area contributed by atoms with Crippen LogP contribution in [0, 0.1) is 23.4 Å². The number of hydrazine groups is 1. The fraction of sp³-hybridized carbons (Fsp3) is 0.455. The molecule has 17 heavy (non-hydrogen) atoms. The monoisotopic (exact) mass is 246 g/mol. The van der Waals surface area contributed by atoms with Crippen molar-refractivity contribution < 1.29 is 17.9 Å². The number of ether oxygens (including phenoxy) is 1. The summed E-state index contributed by atoms with van der Waals surface area (Å²) in [5.41, 5.74) is 2.79. The Balaban J connectivity index is 2.30. The zero-order chi connectivity index (χ0) is 12.4. The first-order chi connectivity index (χ1) is 8.13. The topological polar surface area (TPSA) is 47.3 Å². The molecule has 1 fully saturated rings. The molecule has 1 aromatic carbocycles. The molecule has 1 aliphatic heterocycles. The molecule has 1 saturated heterocycles. The highest BCUT2D eigenvalue weighted by Gasteiger charge is 2.27. The summed E-state index contributed by atoms with van der Waals surface area (Å²) in [5.74, 6) is 1.53. The van der Waals surface area contributed by atoms with Crippen molar-refractivity contribution in [2.45, 2.75) is 12.5 Å². The van der Waals surface area contributed by atoms with Gasteiger partial charge in [-0.3, -0.25) is 11.3 Å². The SMILES string of the molecule is NNC(c1cc(F)c(F)c(F)c1)C1CCOC1. The molecule has 1 aliphatic rings. The quantitative estimate of drug-likeness (QED) is 0.484. The van der Waals surface area contributed by atoms with Crippen molar-refractivity contribution in [2.24, 2.45) is 11.8 Å². The molecule has 2 unspecified atom stereocenters. The Hall–Kier alpha value is -1.11. The Kier molecular flexibility index (Phi) is 3.66. The van der Waals surface area contributed by atoms with Gasteiger partial charge >= 0.3 is 0 Å². The van der Waals surface area contributed by atoms with Crippen LogP contribution in [0.1, 0.15) is 18.0 Å². The molecule has 6 heteroatoms. The van der Waals surface area contributed by atoms with E-state index in [1.165, 1.54) is 0 Å². The molecule has 3 N–H and O–H groups in total. The number of hydrogen-bond acceptors (Lipinski definition) is 3. The molecular weight excluding hydrogens is 233 g/mol. The lowest BCUT2D eigenvalue weighted by molar-refractivity contribution is 0.176. The Bertz CT molecular complexity index is 385. The number of halogens is 3. The van der Waals surface area contributed by atoms with Crippen molar-refractivity contribution in [1.29, 1.82) is 0 Å². The van der Waals surface area contributed by atoms with Crippen LogP contribution < -0.4 is 11.3 Å². The van der Waals surface area contributed by atoms with Gasteiger partial charge < -0.3 is 4.74 Å². The van der Waals surface area contributed by atoms with E-state index < -0.39 is 23.5 Å². The summed E-state index contributed by atoms with van der Waals surface area (Å²) in [4.78, 5) is 0. The summed E-state index contributed by atoms with van der Waals surface area (Å²) in [7, 11) is 0. The van der Waals surface area contributed by atoms with Gasteiger partial charge in [0.05, 0.1) is 12.6 Å². The van der Waals surface area contributed by atoms with Crippen LogP contribution in [0.25, 0.3) is 0 Å². The van der Waals surface area contributed by atoms with Crippen LogP contribution in [0.3, 0.4) is 0 Å². The van der Waals surface area contributed by atoms with Crippen molar-refractivity contribution >= 4 is 0 Å². The lowest BCUT2D eigenvalue weighted by atomic mass is 9.93. The lowest BCUT2D eigenvalue weighted by Crippen LogP contribution is -2.34. The van der Waals surface area contributed by atoms with Gasteiger partial charge in [-0.2, -0.15) is 0 Å². The van der Waals surface area contributed by atoms with E-state index >= 15 is 0 Å². The van der Waals surface area contributed by atoms with Gasteiger partial charge in [0.25, 0.3) is 0 Å². The molecule has 0 radical (unpaired) electrons. The van der Waals surface area contributed by atoms with Crippen LogP contribution in [0.4, 0.5) is 13.2 Å². The average Bonchev–Trinajstić information content (AvgIpc) is 2.80. The zero-order valence-corrected chi connectivity index (χ0v) is 9.05. The van der Waals surface area contributed by atoms with Gasteiger partial charge in [-0.15, -0.1) is 0 Å². The highest BCUT2D eigenvalue weighted by atomic mass is 19.2. The number of hydrogen-bond donors (Lipinski definition) is 2. The Morgan fingerprint density at radius 1 is 1.29 bits per heavy atom. The molecule has 0 aliphatic carbocycles. The summed E-state index contributed by atoms with van der Waals surface area (Å²) in [5, 5.41) is 0. The van der Waals surface area contributed by atoms with E-state index in [4.69, 9.17) is 10.6 Å². The van der Waals surface area contributed by atoms with Gasteiger partial charge in [-0.1, -0.05) is 0 Å². The fourth-order valence-electron chi connectivity index (χ4n) is 2.07. The Morgan fingerprint density at radius 2 is 1.94 bits per heavy atom. The van der Waals surface area contributed by atoms with Gasteiger partial charge in [-0.25, -0.2) is 13.2 Å². The normalized spacial score (nSPS) is 21.8. The summed E-state index contributed by atoms with van der Waals surface area (Å²) in [6.45, 7) is 1.06. The highest BCUT2D eigenvalue weighted by molar-refractivity contribution is 5.23. The maximum Gasteiger partial charge on any atom is 0.194 e. The molecule has 0 spiro atoms. The molecule has 0 bridgehead atoms. The Labute approximate surface area is 96.7 Å². The van der Waals surface area contributed by atoms with Gasteiger partial charge in [-0.05, 0) is 24.1 Å².